The predicted molar refractivity (Wildman–Crippen MR) is 103 cm³/mol. The number of ether oxygens (including phenoxy) is 1. The quantitative estimate of drug-likeness (QED) is 0.664. The van der Waals surface area contributed by atoms with Gasteiger partial charge in [0.1, 0.15) is 14.8 Å². The SMILES string of the molecule is CCc1nc(NC(=O)c2sc(-c3ccccc3)nc2C)sc1C(=O)OC. The lowest BCUT2D eigenvalue weighted by Gasteiger charge is -1.99. The average Bonchev–Trinajstić information content (AvgIpc) is 3.25. The van der Waals surface area contributed by atoms with E-state index in [4.69, 9.17) is 4.74 Å². The molecule has 0 unspecified atom stereocenters. The minimum absolute atomic E-state index is 0.282. The highest BCUT2D eigenvalue weighted by molar-refractivity contribution is 7.18. The van der Waals surface area contributed by atoms with Gasteiger partial charge in [0.05, 0.1) is 18.5 Å². The molecule has 3 aromatic rings. The Morgan fingerprint density at radius 2 is 1.85 bits per heavy atom. The van der Waals surface area contributed by atoms with Crippen LogP contribution in [-0.2, 0) is 11.2 Å². The molecule has 0 bridgehead atoms. The first-order valence-corrected chi connectivity index (χ1v) is 9.59. The summed E-state index contributed by atoms with van der Waals surface area (Å²) in [6, 6.07) is 9.71. The fraction of sp³-hybridized carbons (Fsp3) is 0.222. The van der Waals surface area contributed by atoms with Gasteiger partial charge in [-0.1, -0.05) is 48.6 Å². The second-order valence-corrected chi connectivity index (χ2v) is 7.39. The minimum atomic E-state index is -0.444. The van der Waals surface area contributed by atoms with E-state index in [0.29, 0.717) is 32.7 Å². The zero-order valence-electron chi connectivity index (χ0n) is 14.5. The van der Waals surface area contributed by atoms with Crippen molar-refractivity contribution in [2.24, 2.45) is 0 Å². The summed E-state index contributed by atoms with van der Waals surface area (Å²) >= 11 is 2.45. The first kappa shape index (κ1) is 18.2. The van der Waals surface area contributed by atoms with Crippen LogP contribution in [0, 0.1) is 6.92 Å². The molecule has 3 rings (SSSR count). The lowest BCUT2D eigenvalue weighted by molar-refractivity contribution is 0.0604. The van der Waals surface area contributed by atoms with Crippen molar-refractivity contribution in [3.05, 3.63) is 51.5 Å². The number of hydrogen-bond acceptors (Lipinski definition) is 7. The molecular formula is C18H17N3O3S2. The monoisotopic (exact) mass is 387 g/mol. The third-order valence-corrected chi connectivity index (χ3v) is 5.85. The number of aromatic nitrogens is 2. The number of rotatable bonds is 5. The molecule has 0 aliphatic carbocycles. The van der Waals surface area contributed by atoms with Crippen LogP contribution in [0.4, 0.5) is 5.13 Å². The molecule has 0 fully saturated rings. The summed E-state index contributed by atoms with van der Waals surface area (Å²) in [5, 5.41) is 3.93. The predicted octanol–water partition coefficient (Wildman–Crippen LogP) is 4.18. The number of methoxy groups -OCH3 is 1. The van der Waals surface area contributed by atoms with E-state index in [2.05, 4.69) is 15.3 Å². The molecule has 1 N–H and O–H groups in total. The fourth-order valence-electron chi connectivity index (χ4n) is 2.36. The average molecular weight is 387 g/mol. The van der Waals surface area contributed by atoms with Gasteiger partial charge >= 0.3 is 5.97 Å². The molecule has 134 valence electrons. The number of thiazole rings is 2. The van der Waals surface area contributed by atoms with E-state index < -0.39 is 5.97 Å². The molecule has 1 aromatic carbocycles. The summed E-state index contributed by atoms with van der Waals surface area (Å²) in [5.74, 6) is -0.727. The Bertz CT molecular complexity index is 948. The molecule has 2 heterocycles. The maximum Gasteiger partial charge on any atom is 0.350 e. The van der Waals surface area contributed by atoms with E-state index in [9.17, 15) is 9.59 Å². The molecule has 1 amide bonds. The molecule has 8 heteroatoms. The van der Waals surface area contributed by atoms with Crippen molar-refractivity contribution in [3.8, 4) is 10.6 Å². The Hall–Kier alpha value is -2.58. The number of anilines is 1. The van der Waals surface area contributed by atoms with Gasteiger partial charge in [-0.3, -0.25) is 10.1 Å². The molecule has 0 atom stereocenters. The van der Waals surface area contributed by atoms with Gasteiger partial charge in [0.25, 0.3) is 5.91 Å². The topological polar surface area (TPSA) is 81.2 Å². The van der Waals surface area contributed by atoms with Crippen LogP contribution in [0.5, 0.6) is 0 Å². The Balaban J connectivity index is 1.84. The summed E-state index contributed by atoms with van der Waals surface area (Å²) in [7, 11) is 1.32. The Kier molecular flexibility index (Phi) is 5.43. The maximum atomic E-state index is 12.6. The van der Waals surface area contributed by atoms with Crippen LogP contribution in [-0.4, -0.2) is 29.0 Å². The molecule has 2 aromatic heterocycles. The molecule has 0 saturated carbocycles. The second-order valence-electron chi connectivity index (χ2n) is 5.39. The third kappa shape index (κ3) is 3.66. The van der Waals surface area contributed by atoms with Gasteiger partial charge in [0.15, 0.2) is 5.13 Å². The van der Waals surface area contributed by atoms with Gasteiger partial charge in [-0.25, -0.2) is 14.8 Å². The van der Waals surface area contributed by atoms with Gasteiger partial charge in [0, 0.05) is 5.56 Å². The van der Waals surface area contributed by atoms with Gasteiger partial charge in [-0.15, -0.1) is 11.3 Å². The summed E-state index contributed by atoms with van der Waals surface area (Å²) < 4.78 is 4.76. The number of nitrogens with one attached hydrogen (secondary N) is 1. The van der Waals surface area contributed by atoms with E-state index in [-0.39, 0.29) is 5.91 Å². The van der Waals surface area contributed by atoms with Gasteiger partial charge < -0.3 is 4.74 Å². The smallest absolute Gasteiger partial charge is 0.350 e. The maximum absolute atomic E-state index is 12.6. The number of carbonyl (C=O) groups is 2. The third-order valence-electron chi connectivity index (χ3n) is 3.65. The number of benzene rings is 1. The highest BCUT2D eigenvalue weighted by Gasteiger charge is 2.21. The van der Waals surface area contributed by atoms with Crippen molar-refractivity contribution in [3.63, 3.8) is 0 Å². The number of carbonyl (C=O) groups excluding carboxylic acids is 2. The van der Waals surface area contributed by atoms with E-state index in [0.717, 1.165) is 21.9 Å². The summed E-state index contributed by atoms with van der Waals surface area (Å²) in [5.41, 5.74) is 2.24. The molecule has 0 radical (unpaired) electrons. The number of hydrogen-bond donors (Lipinski definition) is 1. The van der Waals surface area contributed by atoms with Crippen molar-refractivity contribution in [2.75, 3.05) is 12.4 Å². The van der Waals surface area contributed by atoms with Crippen molar-refractivity contribution in [1.29, 1.82) is 0 Å². The number of nitrogens with zero attached hydrogens (tertiary/aromatic N) is 2. The number of aryl methyl sites for hydroxylation is 2. The van der Waals surface area contributed by atoms with Crippen molar-refractivity contribution in [1.82, 2.24) is 9.97 Å². The zero-order chi connectivity index (χ0) is 18.7. The minimum Gasteiger partial charge on any atom is -0.465 e. The van der Waals surface area contributed by atoms with E-state index in [1.54, 1.807) is 6.92 Å². The van der Waals surface area contributed by atoms with Crippen LogP contribution in [0.15, 0.2) is 30.3 Å². The van der Waals surface area contributed by atoms with Crippen LogP contribution < -0.4 is 5.32 Å². The summed E-state index contributed by atoms with van der Waals surface area (Å²) in [6.45, 7) is 3.70. The van der Waals surface area contributed by atoms with E-state index in [1.165, 1.54) is 18.4 Å². The van der Waals surface area contributed by atoms with Gasteiger partial charge in [0.2, 0.25) is 0 Å². The van der Waals surface area contributed by atoms with Gasteiger partial charge in [-0.2, -0.15) is 0 Å². The van der Waals surface area contributed by atoms with Crippen LogP contribution in [0.25, 0.3) is 10.6 Å². The molecule has 0 aliphatic rings. The largest absolute Gasteiger partial charge is 0.465 e. The Labute approximate surface area is 158 Å². The van der Waals surface area contributed by atoms with Crippen LogP contribution in [0.2, 0.25) is 0 Å². The molecular weight excluding hydrogens is 370 g/mol. The molecule has 0 saturated heterocycles. The highest BCUT2D eigenvalue weighted by atomic mass is 32.1. The second kappa shape index (κ2) is 7.76. The van der Waals surface area contributed by atoms with Crippen molar-refractivity contribution in [2.45, 2.75) is 20.3 Å². The Morgan fingerprint density at radius 1 is 1.12 bits per heavy atom. The highest BCUT2D eigenvalue weighted by Crippen LogP contribution is 2.30. The summed E-state index contributed by atoms with van der Waals surface area (Å²) in [4.78, 5) is 34.2. The van der Waals surface area contributed by atoms with Crippen molar-refractivity contribution < 1.29 is 14.3 Å². The van der Waals surface area contributed by atoms with Crippen LogP contribution in [0.3, 0.4) is 0 Å². The van der Waals surface area contributed by atoms with Gasteiger partial charge in [-0.05, 0) is 13.3 Å². The summed E-state index contributed by atoms with van der Waals surface area (Å²) in [6.07, 6.45) is 0.578. The van der Waals surface area contributed by atoms with Crippen molar-refractivity contribution >= 4 is 39.7 Å². The first-order chi connectivity index (χ1) is 12.5. The first-order valence-electron chi connectivity index (χ1n) is 7.95. The number of esters is 1. The van der Waals surface area contributed by atoms with E-state index >= 15 is 0 Å². The van der Waals surface area contributed by atoms with Crippen LogP contribution >= 0.6 is 22.7 Å². The zero-order valence-corrected chi connectivity index (χ0v) is 16.2. The normalized spacial score (nSPS) is 10.6. The van der Waals surface area contributed by atoms with Crippen LogP contribution in [0.1, 0.15) is 37.7 Å². The lowest BCUT2D eigenvalue weighted by Crippen LogP contribution is -2.11. The lowest BCUT2D eigenvalue weighted by atomic mass is 10.2. The number of amides is 1. The fourth-order valence-corrected chi connectivity index (χ4v) is 4.30. The van der Waals surface area contributed by atoms with E-state index in [1.807, 2.05) is 37.3 Å². The Morgan fingerprint density at radius 3 is 2.50 bits per heavy atom. The standard InChI is InChI=1S/C18H17N3O3S2/c1-4-12-14(17(23)24-3)26-18(20-12)21-15(22)13-10(2)19-16(25-13)11-8-6-5-7-9-11/h5-9H,4H2,1-3H3,(H,20,21,22). The molecule has 0 spiro atoms. The molecule has 26 heavy (non-hydrogen) atoms. The molecule has 0 aliphatic heterocycles. The molecule has 6 nitrogen and oxygen atoms in total.